The second-order valence-electron chi connectivity index (χ2n) is 18.3. The third-order valence-corrected chi connectivity index (χ3v) is 16.2. The Kier molecular flexibility index (Phi) is 14.1. The summed E-state index contributed by atoms with van der Waals surface area (Å²) in [7, 11) is -5.34. The highest BCUT2D eigenvalue weighted by molar-refractivity contribution is 7.97. The monoisotopic (exact) mass is 1050 g/mol. The second-order valence-corrected chi connectivity index (χ2v) is 21.8. The summed E-state index contributed by atoms with van der Waals surface area (Å²) in [4.78, 5) is 3.57. The minimum Gasteiger partial charge on any atom is -0.489 e. The van der Waals surface area contributed by atoms with Gasteiger partial charge in [0.15, 0.2) is 20.4 Å². The minimum atomic E-state index is -4.91. The molecule has 12 aromatic carbocycles. The molecule has 1 N–H and O–H groups in total. The molecule has 0 heterocycles. The van der Waals surface area contributed by atoms with Gasteiger partial charge in [-0.15, -0.1) is 0 Å². The standard InChI is InChI=1S/C63H45O3S.C2H3F3O3S/c1-7-19-55-43(13-1)37-44-14-2-8-20-56(44)61(55)40-64-49-25-31-52(32-26-49)67(53-33-27-50(28-34-53)65-41-62-57-21-9-3-15-45(57)38-46-16-4-10-22-58(46)62)54-35-29-51(30-36-54)66-42-63-59-23-11-5-17-47(59)39-48-18-6-12-24-60(48)63;3-2(4,5)1-9(6,7)8/h1-39H,40-42H2;1H2,(H,6,7,8)/q+1;. The van der Waals surface area contributed by atoms with E-state index in [1.807, 2.05) is 0 Å². The number of benzene rings is 12. The van der Waals surface area contributed by atoms with E-state index in [9.17, 15) is 21.6 Å². The summed E-state index contributed by atoms with van der Waals surface area (Å²) in [5.41, 5.74) is 3.60. The molecule has 0 spiro atoms. The number of halogens is 3. The maximum Gasteiger partial charge on any atom is 0.405 e. The van der Waals surface area contributed by atoms with Crippen molar-refractivity contribution in [2.45, 2.75) is 40.7 Å². The minimum absolute atomic E-state index is 0.437. The molecule has 0 bridgehead atoms. The van der Waals surface area contributed by atoms with E-state index in [1.165, 1.54) is 96.0 Å². The molecule has 12 aromatic rings. The lowest BCUT2D eigenvalue weighted by molar-refractivity contribution is -0.107. The normalized spacial score (nSPS) is 11.9. The highest BCUT2D eigenvalue weighted by Crippen LogP contribution is 2.37. The molecule has 376 valence electrons. The Morgan fingerprint density at radius 2 is 0.579 bits per heavy atom. The summed E-state index contributed by atoms with van der Waals surface area (Å²) >= 11 is 0. The molecule has 12 rings (SSSR count). The molecule has 0 aliphatic carbocycles. The van der Waals surface area contributed by atoms with Crippen LogP contribution in [0.4, 0.5) is 13.2 Å². The first kappa shape index (κ1) is 49.8. The Hall–Kier alpha value is -8.35. The maximum absolute atomic E-state index is 11.0. The van der Waals surface area contributed by atoms with Gasteiger partial charge in [0.05, 0.1) is 10.9 Å². The molecule has 0 aromatic heterocycles. The fourth-order valence-corrected chi connectivity index (χ4v) is 12.3. The first-order valence-electron chi connectivity index (χ1n) is 24.5. The van der Waals surface area contributed by atoms with Crippen molar-refractivity contribution in [3.8, 4) is 17.2 Å². The second kappa shape index (κ2) is 21.5. The lowest BCUT2D eigenvalue weighted by atomic mass is 9.97. The van der Waals surface area contributed by atoms with Crippen molar-refractivity contribution >= 4 is 85.6 Å². The molecule has 6 nitrogen and oxygen atoms in total. The highest BCUT2D eigenvalue weighted by atomic mass is 32.2. The van der Waals surface area contributed by atoms with Crippen LogP contribution in [0.5, 0.6) is 17.2 Å². The predicted molar refractivity (Wildman–Crippen MR) is 301 cm³/mol. The third kappa shape index (κ3) is 11.2. The third-order valence-electron chi connectivity index (χ3n) is 13.3. The van der Waals surface area contributed by atoms with Crippen molar-refractivity contribution < 1.29 is 40.4 Å². The van der Waals surface area contributed by atoms with Crippen LogP contribution < -0.4 is 14.2 Å². The molecule has 0 saturated carbocycles. The number of rotatable bonds is 13. The van der Waals surface area contributed by atoms with Crippen molar-refractivity contribution in [3.63, 3.8) is 0 Å². The molecule has 0 aliphatic rings. The van der Waals surface area contributed by atoms with Crippen LogP contribution in [-0.2, 0) is 40.8 Å². The van der Waals surface area contributed by atoms with Crippen molar-refractivity contribution in [3.05, 3.63) is 253 Å². The van der Waals surface area contributed by atoms with Crippen molar-refractivity contribution in [1.82, 2.24) is 0 Å². The zero-order chi connectivity index (χ0) is 52.2. The molecule has 0 aliphatic heterocycles. The summed E-state index contributed by atoms with van der Waals surface area (Å²) in [6.07, 6.45) is -4.85. The van der Waals surface area contributed by atoms with E-state index in [1.54, 1.807) is 0 Å². The van der Waals surface area contributed by atoms with Gasteiger partial charge >= 0.3 is 6.18 Å². The quantitative estimate of drug-likeness (QED) is 0.0704. The average Bonchev–Trinajstić information content (AvgIpc) is 3.43. The van der Waals surface area contributed by atoms with E-state index in [-0.39, 0.29) is 0 Å². The molecule has 0 saturated heterocycles. The van der Waals surface area contributed by atoms with Gasteiger partial charge in [-0.3, -0.25) is 4.55 Å². The molecule has 76 heavy (non-hydrogen) atoms. The van der Waals surface area contributed by atoms with E-state index in [0.29, 0.717) is 19.8 Å². The fraction of sp³-hybridized carbons (Fsp3) is 0.0769. The van der Waals surface area contributed by atoms with Gasteiger partial charge in [-0.1, -0.05) is 146 Å². The summed E-state index contributed by atoms with van der Waals surface area (Å²) in [5.74, 6) is 0.316. The largest absolute Gasteiger partial charge is 0.489 e. The topological polar surface area (TPSA) is 82.1 Å². The fourth-order valence-electron chi connectivity index (χ4n) is 9.89. The van der Waals surface area contributed by atoms with Gasteiger partial charge in [0.1, 0.15) is 37.1 Å². The highest BCUT2D eigenvalue weighted by Gasteiger charge is 2.34. The molecule has 0 amide bonds. The summed E-state index contributed by atoms with van der Waals surface area (Å²) in [6, 6.07) is 84.2. The summed E-state index contributed by atoms with van der Waals surface area (Å²) in [5, 5.41) is 14.6. The Morgan fingerprint density at radius 1 is 0.355 bits per heavy atom. The number of ether oxygens (including phenoxy) is 3. The molecule has 11 heteroatoms. The van der Waals surface area contributed by atoms with Gasteiger partial charge in [-0.25, -0.2) is 0 Å². The van der Waals surface area contributed by atoms with Gasteiger partial charge in [0, 0.05) is 16.7 Å². The van der Waals surface area contributed by atoms with Gasteiger partial charge in [-0.2, -0.15) is 21.6 Å². The van der Waals surface area contributed by atoms with Crippen LogP contribution in [0.1, 0.15) is 16.7 Å². The van der Waals surface area contributed by atoms with E-state index >= 15 is 0 Å². The maximum atomic E-state index is 11.0. The zero-order valence-electron chi connectivity index (χ0n) is 40.8. The van der Waals surface area contributed by atoms with Crippen LogP contribution in [0.3, 0.4) is 0 Å². The number of hydrogen-bond donors (Lipinski definition) is 1. The molecule has 0 atom stereocenters. The van der Waals surface area contributed by atoms with Gasteiger partial charge in [0.25, 0.3) is 10.1 Å². The molecule has 0 radical (unpaired) electrons. The lowest BCUT2D eigenvalue weighted by Gasteiger charge is -2.15. The van der Waals surface area contributed by atoms with E-state index in [0.717, 1.165) is 17.2 Å². The first-order valence-corrected chi connectivity index (χ1v) is 27.4. The SMILES string of the molecule is O=S(=O)(O)CC(F)(F)F.c1ccc2c(COc3ccc([S+](c4ccc(OCc5c6ccccc6cc6ccccc56)cc4)c4ccc(OCc5c6ccccc6cc6ccccc56)cc4)cc3)c3ccccc3cc2c1. The van der Waals surface area contributed by atoms with Crippen LogP contribution in [0.25, 0.3) is 64.6 Å². The summed E-state index contributed by atoms with van der Waals surface area (Å²) in [6.45, 7) is 1.41. The number of alkyl halides is 3. The van der Waals surface area contributed by atoms with Crippen LogP contribution in [0.15, 0.2) is 251 Å². The Balaban J connectivity index is 0.000000630. The summed E-state index contributed by atoms with van der Waals surface area (Å²) < 4.78 is 79.4. The van der Waals surface area contributed by atoms with E-state index < -0.39 is 32.9 Å². The Bertz CT molecular complexity index is 3610. The van der Waals surface area contributed by atoms with Crippen LogP contribution in [0, 0.1) is 0 Å². The zero-order valence-corrected chi connectivity index (χ0v) is 42.4. The van der Waals surface area contributed by atoms with Crippen molar-refractivity contribution in [2.75, 3.05) is 5.75 Å². The van der Waals surface area contributed by atoms with E-state index in [2.05, 4.69) is 237 Å². The van der Waals surface area contributed by atoms with Gasteiger partial charge in [-0.05, 0) is 156 Å². The van der Waals surface area contributed by atoms with Crippen molar-refractivity contribution in [1.29, 1.82) is 0 Å². The van der Waals surface area contributed by atoms with Crippen LogP contribution >= 0.6 is 0 Å². The van der Waals surface area contributed by atoms with Gasteiger partial charge < -0.3 is 14.2 Å². The van der Waals surface area contributed by atoms with E-state index in [4.69, 9.17) is 18.8 Å². The Morgan fingerprint density at radius 3 is 0.776 bits per heavy atom. The average molecular weight is 1050 g/mol. The molecule has 0 fully saturated rings. The predicted octanol–water partition coefficient (Wildman–Crippen LogP) is 16.9. The smallest absolute Gasteiger partial charge is 0.405 e. The number of fused-ring (bicyclic) bond motifs is 6. The first-order chi connectivity index (χ1) is 36.9. The molecular weight excluding hydrogens is 998 g/mol. The number of hydrogen-bond acceptors (Lipinski definition) is 5. The van der Waals surface area contributed by atoms with Crippen LogP contribution in [-0.4, -0.2) is 24.9 Å². The lowest BCUT2D eigenvalue weighted by Crippen LogP contribution is -2.21. The van der Waals surface area contributed by atoms with Gasteiger partial charge in [0.2, 0.25) is 0 Å². The van der Waals surface area contributed by atoms with Crippen molar-refractivity contribution in [2.24, 2.45) is 0 Å². The molecular formula is C65H48F3O6S2+. The van der Waals surface area contributed by atoms with Crippen LogP contribution in [0.2, 0.25) is 0 Å². The Labute approximate surface area is 440 Å². The molecule has 0 unspecified atom stereocenters.